The number of aliphatic carboxylic acids is 1. The molecule has 0 aliphatic carbocycles. The van der Waals surface area contributed by atoms with Crippen molar-refractivity contribution in [2.45, 2.75) is 24.8 Å². The Balaban J connectivity index is 3.16. The van der Waals surface area contributed by atoms with Gasteiger partial charge in [-0.1, -0.05) is 25.1 Å². The van der Waals surface area contributed by atoms with Crippen molar-refractivity contribution in [2.24, 2.45) is 0 Å². The number of hydrogen-bond acceptors (Lipinski definition) is 3. The van der Waals surface area contributed by atoms with E-state index in [1.54, 1.807) is 25.1 Å². The van der Waals surface area contributed by atoms with Crippen LogP contribution in [-0.2, 0) is 14.8 Å². The highest BCUT2D eigenvalue weighted by Crippen LogP contribution is 2.17. The summed E-state index contributed by atoms with van der Waals surface area (Å²) < 4.78 is 25.3. The molecule has 0 heterocycles. The molecule has 0 radical (unpaired) electrons. The lowest BCUT2D eigenvalue weighted by Crippen LogP contribution is -2.42. The quantitative estimate of drug-likeness (QED) is 0.859. The Morgan fingerprint density at radius 3 is 2.29 bits per heavy atom. The van der Waals surface area contributed by atoms with E-state index in [0.29, 0.717) is 0 Å². The second-order valence-electron chi connectivity index (χ2n) is 3.54. The number of rotatable bonds is 5. The summed E-state index contributed by atoms with van der Waals surface area (Å²) in [5.74, 6) is -1.16. The maximum absolute atomic E-state index is 12.2. The Kier molecular flexibility index (Phi) is 4.25. The number of carboxylic acids is 1. The predicted octanol–water partition coefficient (Wildman–Crippen LogP) is 1.17. The second kappa shape index (κ2) is 5.29. The van der Waals surface area contributed by atoms with Crippen LogP contribution < -0.4 is 0 Å². The molecule has 17 heavy (non-hydrogen) atoms. The molecule has 1 N–H and O–H groups in total. The van der Waals surface area contributed by atoms with Gasteiger partial charge in [-0.2, -0.15) is 4.31 Å². The molecule has 0 saturated heterocycles. The smallest absolute Gasteiger partial charge is 0.321 e. The average molecular weight is 257 g/mol. The fourth-order valence-electron chi connectivity index (χ4n) is 1.50. The summed E-state index contributed by atoms with van der Waals surface area (Å²) in [4.78, 5) is 11.0. The van der Waals surface area contributed by atoms with Crippen molar-refractivity contribution >= 4 is 16.0 Å². The van der Waals surface area contributed by atoms with E-state index < -0.39 is 22.0 Å². The van der Waals surface area contributed by atoms with Crippen molar-refractivity contribution in [1.82, 2.24) is 4.31 Å². The molecule has 1 rings (SSSR count). The van der Waals surface area contributed by atoms with Gasteiger partial charge in [0.25, 0.3) is 0 Å². The van der Waals surface area contributed by atoms with E-state index in [0.717, 1.165) is 4.31 Å². The van der Waals surface area contributed by atoms with Gasteiger partial charge in [-0.25, -0.2) is 8.42 Å². The Bertz CT molecular complexity index is 483. The van der Waals surface area contributed by atoms with E-state index in [2.05, 4.69) is 0 Å². The van der Waals surface area contributed by atoms with E-state index in [9.17, 15) is 13.2 Å². The predicted molar refractivity (Wildman–Crippen MR) is 63.1 cm³/mol. The van der Waals surface area contributed by atoms with E-state index >= 15 is 0 Å². The van der Waals surface area contributed by atoms with Crippen LogP contribution in [0.5, 0.6) is 0 Å². The molecule has 94 valence electrons. The normalized spacial score (nSPS) is 13.6. The molecule has 6 heteroatoms. The van der Waals surface area contributed by atoms with Crippen molar-refractivity contribution in [3.05, 3.63) is 30.3 Å². The fraction of sp³-hybridized carbons (Fsp3) is 0.364. The first-order chi connectivity index (χ1) is 7.91. The van der Waals surface area contributed by atoms with Crippen molar-refractivity contribution < 1.29 is 18.3 Å². The number of nitrogens with zero attached hydrogens (tertiary/aromatic N) is 1. The standard InChI is InChI=1S/C11H15NO4S/c1-3-12(9(2)11(13)14)17(15,16)10-7-5-4-6-8-10/h4-9H,3H2,1-2H3,(H,13,14). The van der Waals surface area contributed by atoms with Crippen molar-refractivity contribution in [3.63, 3.8) is 0 Å². The van der Waals surface area contributed by atoms with Crippen LogP contribution in [0.2, 0.25) is 0 Å². The van der Waals surface area contributed by atoms with Crippen molar-refractivity contribution in [1.29, 1.82) is 0 Å². The Morgan fingerprint density at radius 1 is 1.35 bits per heavy atom. The molecule has 1 aromatic rings. The monoisotopic (exact) mass is 257 g/mol. The zero-order valence-electron chi connectivity index (χ0n) is 9.70. The second-order valence-corrected chi connectivity index (χ2v) is 5.43. The minimum absolute atomic E-state index is 0.106. The number of carboxylic acid groups (broad SMARTS) is 1. The topological polar surface area (TPSA) is 74.7 Å². The lowest BCUT2D eigenvalue weighted by molar-refractivity contribution is -0.140. The Hall–Kier alpha value is -1.40. The van der Waals surface area contributed by atoms with Gasteiger partial charge in [0.1, 0.15) is 6.04 Å². The molecule has 1 aromatic carbocycles. The van der Waals surface area contributed by atoms with Gasteiger partial charge in [-0.05, 0) is 19.1 Å². The molecule has 0 aliphatic rings. The molecular formula is C11H15NO4S. The lowest BCUT2D eigenvalue weighted by Gasteiger charge is -2.24. The summed E-state index contributed by atoms with van der Waals surface area (Å²) in [6, 6.07) is 6.73. The van der Waals surface area contributed by atoms with Crippen molar-refractivity contribution in [2.75, 3.05) is 6.54 Å². The van der Waals surface area contributed by atoms with Crippen LogP contribution in [0.1, 0.15) is 13.8 Å². The number of carbonyl (C=O) groups is 1. The van der Waals surface area contributed by atoms with Crippen LogP contribution in [-0.4, -0.2) is 36.4 Å². The molecule has 5 nitrogen and oxygen atoms in total. The minimum atomic E-state index is -3.74. The summed E-state index contributed by atoms with van der Waals surface area (Å²) >= 11 is 0. The first-order valence-electron chi connectivity index (χ1n) is 5.21. The summed E-state index contributed by atoms with van der Waals surface area (Å²) in [7, 11) is -3.74. The average Bonchev–Trinajstić information content (AvgIpc) is 2.30. The van der Waals surface area contributed by atoms with Crippen LogP contribution >= 0.6 is 0 Å². The van der Waals surface area contributed by atoms with E-state index in [1.165, 1.54) is 19.1 Å². The van der Waals surface area contributed by atoms with Gasteiger partial charge in [0, 0.05) is 6.54 Å². The van der Waals surface area contributed by atoms with Gasteiger partial charge in [0.15, 0.2) is 0 Å². The van der Waals surface area contributed by atoms with Crippen LogP contribution in [0, 0.1) is 0 Å². The highest BCUT2D eigenvalue weighted by molar-refractivity contribution is 7.89. The third-order valence-electron chi connectivity index (χ3n) is 2.45. The molecule has 0 spiro atoms. The fourth-order valence-corrected chi connectivity index (χ4v) is 3.12. The van der Waals surface area contributed by atoms with Crippen LogP contribution in [0.15, 0.2) is 35.2 Å². The molecule has 0 fully saturated rings. The first-order valence-corrected chi connectivity index (χ1v) is 6.65. The molecule has 1 unspecified atom stereocenters. The first kappa shape index (κ1) is 13.7. The highest BCUT2D eigenvalue weighted by Gasteiger charge is 2.31. The molecule has 0 amide bonds. The van der Waals surface area contributed by atoms with Crippen LogP contribution in [0.3, 0.4) is 0 Å². The van der Waals surface area contributed by atoms with Gasteiger partial charge < -0.3 is 5.11 Å². The lowest BCUT2D eigenvalue weighted by atomic mass is 10.3. The van der Waals surface area contributed by atoms with Crippen LogP contribution in [0.4, 0.5) is 0 Å². The minimum Gasteiger partial charge on any atom is -0.480 e. The van der Waals surface area contributed by atoms with E-state index in [1.807, 2.05) is 0 Å². The number of benzene rings is 1. The number of hydrogen-bond donors (Lipinski definition) is 1. The van der Waals surface area contributed by atoms with Gasteiger partial charge in [-0.15, -0.1) is 0 Å². The highest BCUT2D eigenvalue weighted by atomic mass is 32.2. The van der Waals surface area contributed by atoms with Crippen LogP contribution in [0.25, 0.3) is 0 Å². The largest absolute Gasteiger partial charge is 0.480 e. The molecule has 0 saturated carbocycles. The molecule has 1 atom stereocenters. The number of sulfonamides is 1. The van der Waals surface area contributed by atoms with E-state index in [4.69, 9.17) is 5.11 Å². The summed E-state index contributed by atoms with van der Waals surface area (Å²) in [5, 5.41) is 8.89. The summed E-state index contributed by atoms with van der Waals surface area (Å²) in [5.41, 5.74) is 0. The Morgan fingerprint density at radius 2 is 1.88 bits per heavy atom. The van der Waals surface area contributed by atoms with Gasteiger partial charge in [-0.3, -0.25) is 4.79 Å². The van der Waals surface area contributed by atoms with E-state index in [-0.39, 0.29) is 11.4 Å². The summed E-state index contributed by atoms with van der Waals surface area (Å²) in [6.07, 6.45) is 0. The summed E-state index contributed by atoms with van der Waals surface area (Å²) in [6.45, 7) is 3.08. The van der Waals surface area contributed by atoms with Crippen molar-refractivity contribution in [3.8, 4) is 0 Å². The molecule has 0 aliphatic heterocycles. The maximum Gasteiger partial charge on any atom is 0.321 e. The molecule has 0 bridgehead atoms. The zero-order chi connectivity index (χ0) is 13.1. The third kappa shape index (κ3) is 2.83. The van der Waals surface area contributed by atoms with Gasteiger partial charge in [0.2, 0.25) is 10.0 Å². The number of likely N-dealkylation sites (N-methyl/N-ethyl adjacent to an activating group) is 1. The van der Waals surface area contributed by atoms with Gasteiger partial charge >= 0.3 is 5.97 Å². The zero-order valence-corrected chi connectivity index (χ0v) is 10.5. The maximum atomic E-state index is 12.2. The third-order valence-corrected chi connectivity index (χ3v) is 4.51. The Labute approximate surface area is 101 Å². The van der Waals surface area contributed by atoms with Gasteiger partial charge in [0.05, 0.1) is 4.90 Å². The molecule has 0 aromatic heterocycles. The SMILES string of the molecule is CCN(C(C)C(=O)O)S(=O)(=O)c1ccccc1. The molecular weight excluding hydrogens is 242 g/mol.